The molecule has 2 nitrogen and oxygen atoms in total. The molecule has 0 saturated carbocycles. The quantitative estimate of drug-likeness (QED) is 0.510. The summed E-state index contributed by atoms with van der Waals surface area (Å²) in [4.78, 5) is 15.2. The van der Waals surface area contributed by atoms with Gasteiger partial charge in [-0.05, 0) is 29.5 Å². The molecule has 0 saturated heterocycles. The number of aromatic nitrogens is 1. The van der Waals surface area contributed by atoms with Crippen molar-refractivity contribution in [1.29, 1.82) is 0 Å². The third-order valence-corrected chi connectivity index (χ3v) is 3.93. The zero-order valence-corrected chi connectivity index (χ0v) is 10.7. The summed E-state index contributed by atoms with van der Waals surface area (Å²) in [6, 6.07) is 14.3. The number of fused-ring (bicyclic) bond motifs is 5. The summed E-state index contributed by atoms with van der Waals surface area (Å²) in [7, 11) is 0. The maximum atomic E-state index is 12.2. The molecule has 1 aliphatic rings. The smallest absolute Gasteiger partial charge is 0.256 e. The van der Waals surface area contributed by atoms with E-state index in [-0.39, 0.29) is 13.0 Å². The van der Waals surface area contributed by atoms with Crippen molar-refractivity contribution < 1.29 is 0 Å². The Bertz CT molecular complexity index is 874. The Balaban J connectivity index is 0.00000121. The van der Waals surface area contributed by atoms with Crippen LogP contribution in [0.4, 0.5) is 0 Å². The molecule has 1 aromatic heterocycles. The number of H-pyrrole nitrogens is 1. The zero-order chi connectivity index (χ0) is 13.0. The lowest BCUT2D eigenvalue weighted by Crippen LogP contribution is -2.08. The van der Waals surface area contributed by atoms with E-state index >= 15 is 0 Å². The Labute approximate surface area is 118 Å². The first-order chi connectivity index (χ1) is 9.24. The van der Waals surface area contributed by atoms with Crippen LogP contribution in [0.1, 0.15) is 24.1 Å². The zero-order valence-electron chi connectivity index (χ0n) is 10.7. The van der Waals surface area contributed by atoms with Crippen molar-refractivity contribution >= 4 is 10.8 Å². The summed E-state index contributed by atoms with van der Waals surface area (Å²) < 4.78 is 0. The number of aryl methyl sites for hydroxylation is 1. The fourth-order valence-electron chi connectivity index (χ4n) is 3.05. The number of benzene rings is 2. The number of nitrogens with one attached hydrogen (secondary N) is 1. The Morgan fingerprint density at radius 2 is 1.80 bits per heavy atom. The SMILES string of the molecule is C.Cc1ccc2c(c1)Cc1c-2[nH]c(=O)c2ccccc12. The summed E-state index contributed by atoms with van der Waals surface area (Å²) in [5.74, 6) is 0. The van der Waals surface area contributed by atoms with Crippen molar-refractivity contribution in [3.8, 4) is 11.3 Å². The maximum absolute atomic E-state index is 12.2. The molecule has 20 heavy (non-hydrogen) atoms. The molecule has 1 heterocycles. The molecule has 0 unspecified atom stereocenters. The number of hydrogen-bond acceptors (Lipinski definition) is 1. The van der Waals surface area contributed by atoms with E-state index in [4.69, 9.17) is 0 Å². The Hall–Kier alpha value is -2.35. The van der Waals surface area contributed by atoms with E-state index in [2.05, 4.69) is 30.1 Å². The molecular weight excluding hydrogens is 246 g/mol. The van der Waals surface area contributed by atoms with Crippen LogP contribution in [-0.2, 0) is 6.42 Å². The van der Waals surface area contributed by atoms with Crippen LogP contribution >= 0.6 is 0 Å². The van der Waals surface area contributed by atoms with Gasteiger partial charge < -0.3 is 4.98 Å². The van der Waals surface area contributed by atoms with Crippen LogP contribution < -0.4 is 5.56 Å². The molecule has 3 aromatic rings. The second-order valence-corrected chi connectivity index (χ2v) is 5.19. The van der Waals surface area contributed by atoms with E-state index in [0.29, 0.717) is 0 Å². The first-order valence-corrected chi connectivity index (χ1v) is 6.48. The second-order valence-electron chi connectivity index (χ2n) is 5.19. The average Bonchev–Trinajstić information content (AvgIpc) is 2.77. The molecule has 0 bridgehead atoms. The highest BCUT2D eigenvalue weighted by molar-refractivity contribution is 5.92. The number of hydrogen-bond donors (Lipinski definition) is 1. The van der Waals surface area contributed by atoms with Gasteiger partial charge in [0.1, 0.15) is 0 Å². The van der Waals surface area contributed by atoms with Crippen LogP contribution in [0.3, 0.4) is 0 Å². The highest BCUT2D eigenvalue weighted by atomic mass is 16.1. The normalized spacial score (nSPS) is 11.8. The number of rotatable bonds is 0. The van der Waals surface area contributed by atoms with Gasteiger partial charge >= 0.3 is 0 Å². The van der Waals surface area contributed by atoms with Gasteiger partial charge in [0.05, 0.1) is 5.69 Å². The lowest BCUT2D eigenvalue weighted by Gasteiger charge is -2.04. The van der Waals surface area contributed by atoms with Crippen LogP contribution in [-0.4, -0.2) is 4.98 Å². The third kappa shape index (κ3) is 1.61. The fourth-order valence-corrected chi connectivity index (χ4v) is 3.05. The molecule has 2 aromatic carbocycles. The monoisotopic (exact) mass is 263 g/mol. The highest BCUT2D eigenvalue weighted by Crippen LogP contribution is 2.37. The topological polar surface area (TPSA) is 32.9 Å². The molecule has 2 heteroatoms. The van der Waals surface area contributed by atoms with Crippen LogP contribution in [0.15, 0.2) is 47.3 Å². The van der Waals surface area contributed by atoms with Gasteiger partial charge in [0.15, 0.2) is 0 Å². The van der Waals surface area contributed by atoms with E-state index < -0.39 is 0 Å². The number of pyridine rings is 1. The van der Waals surface area contributed by atoms with Gasteiger partial charge in [-0.3, -0.25) is 4.79 Å². The molecule has 0 spiro atoms. The van der Waals surface area contributed by atoms with Crippen LogP contribution in [0.2, 0.25) is 0 Å². The van der Waals surface area contributed by atoms with Gasteiger partial charge in [-0.25, -0.2) is 0 Å². The molecule has 1 aliphatic carbocycles. The summed E-state index contributed by atoms with van der Waals surface area (Å²) in [5.41, 5.74) is 5.99. The standard InChI is InChI=1S/C17H13NO.CH4/c1-10-6-7-12-11(8-10)9-15-13-4-2-3-5-14(13)17(19)18-16(12)15;/h2-8H,9H2,1H3,(H,18,19);1H4. The van der Waals surface area contributed by atoms with E-state index in [1.165, 1.54) is 22.3 Å². The highest BCUT2D eigenvalue weighted by Gasteiger charge is 2.22. The van der Waals surface area contributed by atoms with Crippen molar-refractivity contribution in [3.05, 3.63) is 69.5 Å². The van der Waals surface area contributed by atoms with E-state index in [0.717, 1.165) is 22.9 Å². The fraction of sp³-hybridized carbons (Fsp3) is 0.167. The molecule has 4 rings (SSSR count). The lowest BCUT2D eigenvalue weighted by molar-refractivity contribution is 1.23. The van der Waals surface area contributed by atoms with E-state index in [9.17, 15) is 4.79 Å². The molecule has 1 N–H and O–H groups in total. The predicted octanol–water partition coefficient (Wildman–Crippen LogP) is 4.04. The molecule has 0 amide bonds. The Morgan fingerprint density at radius 1 is 1.05 bits per heavy atom. The first kappa shape index (κ1) is 12.7. The van der Waals surface area contributed by atoms with Crippen molar-refractivity contribution in [2.24, 2.45) is 0 Å². The van der Waals surface area contributed by atoms with Gasteiger partial charge in [-0.2, -0.15) is 0 Å². The third-order valence-electron chi connectivity index (χ3n) is 3.93. The van der Waals surface area contributed by atoms with Crippen molar-refractivity contribution in [2.45, 2.75) is 20.8 Å². The molecule has 0 radical (unpaired) electrons. The molecule has 100 valence electrons. The molecular formula is C18H17NO. The molecule has 0 fully saturated rings. The second kappa shape index (κ2) is 4.34. The largest absolute Gasteiger partial charge is 0.321 e. The van der Waals surface area contributed by atoms with Gasteiger partial charge in [0, 0.05) is 17.4 Å². The molecule has 0 atom stereocenters. The van der Waals surface area contributed by atoms with Gasteiger partial charge in [-0.15, -0.1) is 0 Å². The van der Waals surface area contributed by atoms with Crippen molar-refractivity contribution in [1.82, 2.24) is 4.98 Å². The minimum absolute atomic E-state index is 0. The van der Waals surface area contributed by atoms with Gasteiger partial charge in [0.25, 0.3) is 5.56 Å². The number of aromatic amines is 1. The minimum Gasteiger partial charge on any atom is -0.321 e. The van der Waals surface area contributed by atoms with Crippen LogP contribution in [0.25, 0.3) is 22.0 Å². The van der Waals surface area contributed by atoms with Crippen LogP contribution in [0.5, 0.6) is 0 Å². The van der Waals surface area contributed by atoms with Crippen molar-refractivity contribution in [3.63, 3.8) is 0 Å². The molecule has 0 aliphatic heterocycles. The Kier molecular flexibility index (Phi) is 2.75. The minimum atomic E-state index is 0. The maximum Gasteiger partial charge on any atom is 0.256 e. The average molecular weight is 263 g/mol. The van der Waals surface area contributed by atoms with Gasteiger partial charge in [0.2, 0.25) is 0 Å². The van der Waals surface area contributed by atoms with E-state index in [1.54, 1.807) is 0 Å². The predicted molar refractivity (Wildman–Crippen MR) is 84.3 cm³/mol. The summed E-state index contributed by atoms with van der Waals surface area (Å²) in [6.45, 7) is 2.10. The summed E-state index contributed by atoms with van der Waals surface area (Å²) >= 11 is 0. The first-order valence-electron chi connectivity index (χ1n) is 6.48. The van der Waals surface area contributed by atoms with Crippen molar-refractivity contribution in [2.75, 3.05) is 0 Å². The van der Waals surface area contributed by atoms with Crippen LogP contribution in [0, 0.1) is 6.92 Å². The van der Waals surface area contributed by atoms with E-state index in [1.807, 2.05) is 24.3 Å². The van der Waals surface area contributed by atoms with Gasteiger partial charge in [-0.1, -0.05) is 49.4 Å². The summed E-state index contributed by atoms with van der Waals surface area (Å²) in [6.07, 6.45) is 0.906. The lowest BCUT2D eigenvalue weighted by atomic mass is 10.0. The Morgan fingerprint density at radius 3 is 2.60 bits per heavy atom. The summed E-state index contributed by atoms with van der Waals surface area (Å²) in [5, 5.41) is 1.86.